The van der Waals surface area contributed by atoms with Crippen LogP contribution in [-0.2, 0) is 0 Å². The predicted octanol–water partition coefficient (Wildman–Crippen LogP) is 4.85. The molecule has 0 aliphatic heterocycles. The summed E-state index contributed by atoms with van der Waals surface area (Å²) in [6, 6.07) is 7.37. The molecule has 0 amide bonds. The number of rotatable bonds is 11. The van der Waals surface area contributed by atoms with E-state index in [4.69, 9.17) is 9.47 Å². The molecule has 1 aliphatic carbocycles. The van der Waals surface area contributed by atoms with Crippen LogP contribution in [0.3, 0.4) is 0 Å². The zero-order valence-corrected chi connectivity index (χ0v) is 17.2. The van der Waals surface area contributed by atoms with Crippen LogP contribution < -0.4 is 9.47 Å². The summed E-state index contributed by atoms with van der Waals surface area (Å²) in [6.45, 7) is 7.96. The van der Waals surface area contributed by atoms with Gasteiger partial charge >= 0.3 is 5.97 Å². The second kappa shape index (κ2) is 9.89. The van der Waals surface area contributed by atoms with E-state index in [1.54, 1.807) is 30.4 Å². The van der Waals surface area contributed by atoms with Crippen molar-refractivity contribution < 1.29 is 29.0 Å². The summed E-state index contributed by atoms with van der Waals surface area (Å²) in [6.07, 6.45) is 6.38. The molecule has 0 fully saturated rings. The molecule has 0 bridgehead atoms. The number of unbranched alkanes of at least 4 members (excludes halogenated alkanes) is 2. The number of benzene rings is 2. The van der Waals surface area contributed by atoms with Crippen molar-refractivity contribution in [1.29, 1.82) is 0 Å². The summed E-state index contributed by atoms with van der Waals surface area (Å²) in [5.41, 5.74) is 0.360. The van der Waals surface area contributed by atoms with E-state index in [-0.39, 0.29) is 40.2 Å². The molecular weight excluding hydrogens is 396 g/mol. The van der Waals surface area contributed by atoms with E-state index in [9.17, 15) is 19.5 Å². The third-order valence-corrected chi connectivity index (χ3v) is 4.94. The molecule has 2 aromatic carbocycles. The van der Waals surface area contributed by atoms with Gasteiger partial charge in [0.1, 0.15) is 11.5 Å². The van der Waals surface area contributed by atoms with Crippen LogP contribution in [0, 0.1) is 0 Å². The molecule has 0 radical (unpaired) electrons. The summed E-state index contributed by atoms with van der Waals surface area (Å²) in [4.78, 5) is 38.2. The molecule has 1 aliphatic rings. The van der Waals surface area contributed by atoms with Crippen LogP contribution in [0.5, 0.6) is 11.5 Å². The first-order valence-corrected chi connectivity index (χ1v) is 10.1. The van der Waals surface area contributed by atoms with Gasteiger partial charge < -0.3 is 14.6 Å². The van der Waals surface area contributed by atoms with Gasteiger partial charge in [0.2, 0.25) is 5.78 Å². The van der Waals surface area contributed by atoms with Crippen molar-refractivity contribution in [3.05, 3.63) is 83.5 Å². The highest BCUT2D eigenvalue weighted by molar-refractivity contribution is 6.30. The number of ketones is 2. The minimum Gasteiger partial charge on any atom is -0.493 e. The third-order valence-electron chi connectivity index (χ3n) is 4.94. The number of ether oxygens (including phenoxy) is 2. The van der Waals surface area contributed by atoms with E-state index in [2.05, 4.69) is 13.2 Å². The minimum absolute atomic E-state index is 0.0277. The van der Waals surface area contributed by atoms with Gasteiger partial charge in [0, 0.05) is 11.1 Å². The van der Waals surface area contributed by atoms with Crippen molar-refractivity contribution in [2.45, 2.75) is 25.7 Å². The van der Waals surface area contributed by atoms with E-state index >= 15 is 0 Å². The zero-order chi connectivity index (χ0) is 22.4. The summed E-state index contributed by atoms with van der Waals surface area (Å²) in [5, 5.41) is 9.46. The smallest absolute Gasteiger partial charge is 0.335 e. The molecule has 0 unspecified atom stereocenters. The molecule has 0 spiro atoms. The lowest BCUT2D eigenvalue weighted by molar-refractivity contribution is 0.0695. The average Bonchev–Trinajstić information content (AvgIpc) is 2.77. The van der Waals surface area contributed by atoms with Gasteiger partial charge in [-0.3, -0.25) is 9.59 Å². The predicted molar refractivity (Wildman–Crippen MR) is 117 cm³/mol. The van der Waals surface area contributed by atoms with E-state index in [1.807, 2.05) is 0 Å². The second-order valence-corrected chi connectivity index (χ2v) is 7.10. The van der Waals surface area contributed by atoms with Crippen molar-refractivity contribution in [2.75, 3.05) is 13.2 Å². The normalized spacial score (nSPS) is 12.0. The second-order valence-electron chi connectivity index (χ2n) is 7.10. The van der Waals surface area contributed by atoms with Gasteiger partial charge in [0.25, 0.3) is 0 Å². The van der Waals surface area contributed by atoms with E-state index in [0.717, 1.165) is 12.8 Å². The maximum Gasteiger partial charge on any atom is 0.335 e. The number of carbonyl (C=O) groups excluding carboxylic acids is 2. The third kappa shape index (κ3) is 4.58. The van der Waals surface area contributed by atoms with Gasteiger partial charge in [0.15, 0.2) is 5.78 Å². The number of aromatic carboxylic acids is 1. The maximum atomic E-state index is 13.5. The van der Waals surface area contributed by atoms with Crippen LogP contribution in [0.25, 0.3) is 0 Å². The Morgan fingerprint density at radius 1 is 0.871 bits per heavy atom. The summed E-state index contributed by atoms with van der Waals surface area (Å²) < 4.78 is 11.5. The largest absolute Gasteiger partial charge is 0.493 e. The molecule has 3 rings (SSSR count). The number of fused-ring (bicyclic) bond motifs is 2. The number of hydrogen-bond acceptors (Lipinski definition) is 5. The topological polar surface area (TPSA) is 89.9 Å². The molecule has 0 heterocycles. The van der Waals surface area contributed by atoms with Gasteiger partial charge in [-0.15, -0.1) is 13.2 Å². The highest BCUT2D eigenvalue weighted by Gasteiger charge is 2.36. The molecule has 0 saturated carbocycles. The molecule has 2 aromatic rings. The van der Waals surface area contributed by atoms with Gasteiger partial charge in [-0.05, 0) is 43.9 Å². The van der Waals surface area contributed by atoms with Gasteiger partial charge in [-0.1, -0.05) is 24.3 Å². The number of carboxylic acid groups (broad SMARTS) is 1. The Morgan fingerprint density at radius 2 is 1.48 bits per heavy atom. The number of carbonyl (C=O) groups is 3. The lowest BCUT2D eigenvalue weighted by Gasteiger charge is -2.23. The molecule has 31 heavy (non-hydrogen) atoms. The lowest BCUT2D eigenvalue weighted by Crippen LogP contribution is -2.24. The van der Waals surface area contributed by atoms with Crippen LogP contribution in [-0.4, -0.2) is 35.9 Å². The van der Waals surface area contributed by atoms with E-state index in [1.165, 1.54) is 12.1 Å². The van der Waals surface area contributed by atoms with Gasteiger partial charge in [0.05, 0.1) is 29.9 Å². The van der Waals surface area contributed by atoms with Crippen LogP contribution in [0.15, 0.2) is 55.6 Å². The molecule has 0 aromatic heterocycles. The fourth-order valence-corrected chi connectivity index (χ4v) is 3.43. The molecule has 0 atom stereocenters. The molecule has 1 N–H and O–H groups in total. The van der Waals surface area contributed by atoms with Gasteiger partial charge in [-0.25, -0.2) is 4.79 Å². The first-order valence-electron chi connectivity index (χ1n) is 10.1. The molecule has 6 nitrogen and oxygen atoms in total. The Hall–Kier alpha value is -3.67. The minimum atomic E-state index is -1.20. The molecule has 160 valence electrons. The molecule has 0 saturated heterocycles. The van der Waals surface area contributed by atoms with Gasteiger partial charge in [-0.2, -0.15) is 0 Å². The SMILES string of the molecule is C=CCCCOc1cccc2c1C(=O)c1c(OCCCC=C)cc(C(=O)O)cc1C2=O. The molecule has 6 heteroatoms. The number of hydrogen-bond donors (Lipinski definition) is 1. The highest BCUT2D eigenvalue weighted by Crippen LogP contribution is 2.38. The van der Waals surface area contributed by atoms with Crippen LogP contribution in [0.1, 0.15) is 67.9 Å². The Labute approximate surface area is 180 Å². The van der Waals surface area contributed by atoms with Crippen LogP contribution in [0.2, 0.25) is 0 Å². The average molecular weight is 420 g/mol. The Balaban J connectivity index is 2.05. The summed E-state index contributed by atoms with van der Waals surface area (Å²) in [7, 11) is 0. The lowest BCUT2D eigenvalue weighted by atomic mass is 9.82. The van der Waals surface area contributed by atoms with Crippen molar-refractivity contribution in [1.82, 2.24) is 0 Å². The van der Waals surface area contributed by atoms with Crippen molar-refractivity contribution in [2.24, 2.45) is 0 Å². The standard InChI is InChI=1S/C25H24O6/c1-3-5-7-12-30-19-11-9-10-17-21(19)24(27)22-18(23(17)26)14-16(25(28)29)15-20(22)31-13-8-6-4-2/h3-4,9-11,14-15H,1-2,5-8,12-13H2,(H,28,29). The van der Waals surface area contributed by atoms with Crippen molar-refractivity contribution in [3.8, 4) is 11.5 Å². The number of allylic oxidation sites excluding steroid dienone is 2. The maximum absolute atomic E-state index is 13.5. The van der Waals surface area contributed by atoms with Crippen LogP contribution >= 0.6 is 0 Å². The Kier molecular flexibility index (Phi) is 7.03. The number of carboxylic acids is 1. The van der Waals surface area contributed by atoms with E-state index in [0.29, 0.717) is 25.2 Å². The Morgan fingerprint density at radius 3 is 2.10 bits per heavy atom. The first-order chi connectivity index (χ1) is 15.0. The fraction of sp³-hybridized carbons (Fsp3) is 0.240. The van der Waals surface area contributed by atoms with E-state index < -0.39 is 17.5 Å². The first kappa shape index (κ1) is 22.0. The van der Waals surface area contributed by atoms with Crippen LogP contribution in [0.4, 0.5) is 0 Å². The highest BCUT2D eigenvalue weighted by atomic mass is 16.5. The van der Waals surface area contributed by atoms with Crippen molar-refractivity contribution in [3.63, 3.8) is 0 Å². The quantitative estimate of drug-likeness (QED) is 0.352. The zero-order valence-electron chi connectivity index (χ0n) is 17.2. The fourth-order valence-electron chi connectivity index (χ4n) is 3.43. The monoisotopic (exact) mass is 420 g/mol. The summed E-state index contributed by atoms with van der Waals surface area (Å²) in [5.74, 6) is -1.64. The molecular formula is C25H24O6. The summed E-state index contributed by atoms with van der Waals surface area (Å²) >= 11 is 0. The Bertz CT molecular complexity index is 1050. The van der Waals surface area contributed by atoms with Crippen molar-refractivity contribution >= 4 is 17.5 Å².